The highest BCUT2D eigenvalue weighted by Crippen LogP contribution is 2.47. The third kappa shape index (κ3) is 9.17. The lowest BCUT2D eigenvalue weighted by molar-refractivity contribution is 0.483. The number of para-hydroxylation sites is 3. The van der Waals surface area contributed by atoms with Crippen LogP contribution in [0.3, 0.4) is 0 Å². The maximum absolute atomic E-state index is 6.98. The van der Waals surface area contributed by atoms with E-state index in [-0.39, 0.29) is 21.7 Å². The van der Waals surface area contributed by atoms with Crippen molar-refractivity contribution >= 4 is 76.5 Å². The highest BCUT2D eigenvalue weighted by atomic mass is 16.5. The summed E-state index contributed by atoms with van der Waals surface area (Å²) in [6.45, 7) is 28.1. The number of fused-ring (bicyclic) bond motifs is 10. The summed E-state index contributed by atoms with van der Waals surface area (Å²) in [5.41, 5.74) is 16.6. The maximum atomic E-state index is 6.98. The molecule has 0 radical (unpaired) electrons. The third-order valence-corrected chi connectivity index (χ3v) is 16.9. The van der Waals surface area contributed by atoms with Gasteiger partial charge in [-0.25, -0.2) is 4.98 Å². The standard InChI is InChI=1S/C76H72N4O/c1-73(2,3)51-32-30-48(31-33-51)49-40-50(42-54(41-49)76(10,11)12)58-25-18-26-64-59-22-13-14-23-60(59)66-43-52(74(4,5)6)34-36-61(66)65-27-19-29-68-72(65)79(71(58)64)47-78(68)55-20-17-21-56(45-55)81-57-35-37-63-62-24-15-16-28-67(62)80(69(63)46-57)70-44-53(38-39-77-70)75(7,8)9/h13-46H,47H2,1-12H3. The summed E-state index contributed by atoms with van der Waals surface area (Å²) in [7, 11) is 0. The minimum atomic E-state index is -0.105. The second-order valence-electron chi connectivity index (χ2n) is 26.6. The molecule has 81 heavy (non-hydrogen) atoms. The van der Waals surface area contributed by atoms with Gasteiger partial charge in [-0.15, -0.1) is 0 Å². The van der Waals surface area contributed by atoms with Gasteiger partial charge in [0.05, 0.1) is 27.8 Å². The molecule has 0 amide bonds. The van der Waals surface area contributed by atoms with Crippen LogP contribution in [0.4, 0.5) is 11.4 Å². The molecule has 0 aliphatic carbocycles. The lowest BCUT2D eigenvalue weighted by atomic mass is 9.82. The lowest BCUT2D eigenvalue weighted by Gasteiger charge is -2.23. The van der Waals surface area contributed by atoms with Gasteiger partial charge in [0.25, 0.3) is 0 Å². The molecule has 12 aromatic rings. The van der Waals surface area contributed by atoms with Crippen LogP contribution in [-0.4, -0.2) is 14.1 Å². The molecule has 1 aliphatic rings. The molecule has 13 rings (SSSR count). The molecule has 3 aromatic heterocycles. The number of nitrogens with zero attached hydrogens (tertiary/aromatic N) is 4. The summed E-state index contributed by atoms with van der Waals surface area (Å²) in [6.07, 6.45) is 1.93. The molecule has 5 nitrogen and oxygen atoms in total. The predicted molar refractivity (Wildman–Crippen MR) is 345 cm³/mol. The Kier molecular flexibility index (Phi) is 12.1. The summed E-state index contributed by atoms with van der Waals surface area (Å²) in [4.78, 5) is 7.43. The number of aromatic nitrogens is 3. The molecule has 0 saturated carbocycles. The van der Waals surface area contributed by atoms with E-state index in [4.69, 9.17) is 9.72 Å². The van der Waals surface area contributed by atoms with E-state index in [0.29, 0.717) is 6.67 Å². The molecule has 402 valence electrons. The first-order valence-corrected chi connectivity index (χ1v) is 28.8. The molecule has 0 N–H and O–H groups in total. The summed E-state index contributed by atoms with van der Waals surface area (Å²) < 4.78 is 11.9. The normalized spacial score (nSPS) is 13.1. The van der Waals surface area contributed by atoms with Crippen molar-refractivity contribution in [1.82, 2.24) is 14.1 Å². The van der Waals surface area contributed by atoms with Gasteiger partial charge in [0.1, 0.15) is 24.0 Å². The second-order valence-corrected chi connectivity index (χ2v) is 26.6. The Bertz CT molecular complexity index is 4560. The number of ether oxygens (including phenoxy) is 1. The van der Waals surface area contributed by atoms with Crippen LogP contribution in [0.25, 0.3) is 93.2 Å². The lowest BCUT2D eigenvalue weighted by Crippen LogP contribution is -2.15. The minimum absolute atomic E-state index is 0.0285. The van der Waals surface area contributed by atoms with Gasteiger partial charge in [0, 0.05) is 51.1 Å². The molecule has 5 heteroatoms. The van der Waals surface area contributed by atoms with Gasteiger partial charge >= 0.3 is 0 Å². The molecular formula is C76H72N4O. The van der Waals surface area contributed by atoms with E-state index in [9.17, 15) is 0 Å². The predicted octanol–water partition coefficient (Wildman–Crippen LogP) is 21.1. The fourth-order valence-corrected chi connectivity index (χ4v) is 12.3. The molecule has 0 atom stereocenters. The second kappa shape index (κ2) is 19.0. The molecule has 9 aromatic carbocycles. The summed E-state index contributed by atoms with van der Waals surface area (Å²) in [5.74, 6) is 2.41. The van der Waals surface area contributed by atoms with E-state index < -0.39 is 0 Å². The van der Waals surface area contributed by atoms with Gasteiger partial charge in [0.15, 0.2) is 0 Å². The highest BCUT2D eigenvalue weighted by molar-refractivity contribution is 6.22. The first-order valence-electron chi connectivity index (χ1n) is 28.8. The number of hydrogen-bond acceptors (Lipinski definition) is 3. The summed E-state index contributed by atoms with van der Waals surface area (Å²) in [5, 5.41) is 9.63. The van der Waals surface area contributed by atoms with Gasteiger partial charge in [-0.2, -0.15) is 0 Å². The number of hydrogen-bond donors (Lipinski definition) is 0. The SMILES string of the molecule is CC(C)(C)c1ccc(-c2cc(-c3cccc4c5ccccc5c5cc(C(C)(C)C)ccc5c5cccc6c5n(c34)CN6c3cccc(Oc4ccc5c6ccccc6n(-c6cc(C(C)(C)C)ccn6)c5c4)c3)cc(C(C)(C)C)c2)cc1. The fraction of sp³-hybridized carbons (Fsp3) is 0.224. The fourth-order valence-electron chi connectivity index (χ4n) is 12.3. The average Bonchev–Trinajstić information content (AvgIpc) is 4.26. The van der Waals surface area contributed by atoms with Crippen molar-refractivity contribution < 1.29 is 4.74 Å². The van der Waals surface area contributed by atoms with Gasteiger partial charge in [-0.05, 0) is 143 Å². The van der Waals surface area contributed by atoms with Crippen molar-refractivity contribution in [1.29, 1.82) is 0 Å². The Labute approximate surface area is 477 Å². The van der Waals surface area contributed by atoms with Crippen molar-refractivity contribution in [2.75, 3.05) is 4.90 Å². The van der Waals surface area contributed by atoms with Gasteiger partial charge in [0.2, 0.25) is 0 Å². The van der Waals surface area contributed by atoms with Crippen molar-refractivity contribution in [3.05, 3.63) is 229 Å². The zero-order valence-electron chi connectivity index (χ0n) is 49.0. The first-order chi connectivity index (χ1) is 38.7. The Morgan fingerprint density at radius 3 is 1.67 bits per heavy atom. The van der Waals surface area contributed by atoms with Crippen LogP contribution in [0, 0.1) is 0 Å². The van der Waals surface area contributed by atoms with Crippen molar-refractivity contribution in [2.24, 2.45) is 0 Å². The Hall–Kier alpha value is -8.67. The van der Waals surface area contributed by atoms with E-state index >= 15 is 0 Å². The third-order valence-electron chi connectivity index (χ3n) is 16.9. The van der Waals surface area contributed by atoms with Gasteiger partial charge < -0.3 is 14.2 Å². The maximum Gasteiger partial charge on any atom is 0.137 e. The number of pyridine rings is 1. The molecule has 1 aliphatic heterocycles. The van der Waals surface area contributed by atoms with E-state index in [1.165, 1.54) is 93.2 Å². The Morgan fingerprint density at radius 2 is 0.938 bits per heavy atom. The molecule has 0 fully saturated rings. The van der Waals surface area contributed by atoms with Crippen molar-refractivity contribution in [3.8, 4) is 39.6 Å². The molecule has 4 heterocycles. The average molecular weight is 1060 g/mol. The zero-order chi connectivity index (χ0) is 56.3. The number of rotatable bonds is 6. The highest BCUT2D eigenvalue weighted by Gasteiger charge is 2.28. The van der Waals surface area contributed by atoms with Crippen molar-refractivity contribution in [3.63, 3.8) is 0 Å². The zero-order valence-corrected chi connectivity index (χ0v) is 49.0. The summed E-state index contributed by atoms with van der Waals surface area (Å²) >= 11 is 0. The van der Waals surface area contributed by atoms with E-state index in [1.54, 1.807) is 0 Å². The molecule has 0 bridgehead atoms. The monoisotopic (exact) mass is 1060 g/mol. The van der Waals surface area contributed by atoms with Crippen LogP contribution in [0.15, 0.2) is 206 Å². The van der Waals surface area contributed by atoms with Crippen LogP contribution >= 0.6 is 0 Å². The van der Waals surface area contributed by atoms with Gasteiger partial charge in [-0.3, -0.25) is 4.57 Å². The van der Waals surface area contributed by atoms with Crippen molar-refractivity contribution in [2.45, 2.75) is 111 Å². The molecular weight excluding hydrogens is 985 g/mol. The first kappa shape index (κ1) is 51.7. The number of anilines is 2. The van der Waals surface area contributed by atoms with Gasteiger partial charge in [-0.1, -0.05) is 210 Å². The van der Waals surface area contributed by atoms with Crippen LogP contribution in [0.5, 0.6) is 11.5 Å². The van der Waals surface area contributed by atoms with Crippen LogP contribution in [-0.2, 0) is 28.3 Å². The van der Waals surface area contributed by atoms with Crippen LogP contribution in [0.1, 0.15) is 105 Å². The Balaban J connectivity index is 1.02. The van der Waals surface area contributed by atoms with Crippen LogP contribution < -0.4 is 9.64 Å². The topological polar surface area (TPSA) is 35.2 Å². The van der Waals surface area contributed by atoms with Crippen LogP contribution in [0.2, 0.25) is 0 Å². The summed E-state index contributed by atoms with van der Waals surface area (Å²) in [6, 6.07) is 74.7. The minimum Gasteiger partial charge on any atom is -0.457 e. The molecule has 0 spiro atoms. The molecule has 0 saturated heterocycles. The Morgan fingerprint density at radius 1 is 0.370 bits per heavy atom. The van der Waals surface area contributed by atoms with E-state index in [1.807, 2.05) is 6.20 Å². The number of benzene rings is 9. The molecule has 0 unspecified atom stereocenters. The van der Waals surface area contributed by atoms with E-state index in [2.05, 4.69) is 297 Å². The smallest absolute Gasteiger partial charge is 0.137 e. The quantitative estimate of drug-likeness (QED) is 0.166. The van der Waals surface area contributed by atoms with E-state index in [0.717, 1.165) is 45.1 Å². The largest absolute Gasteiger partial charge is 0.457 e.